The monoisotopic (exact) mass is 1210 g/mol. The Bertz CT molecular complexity index is 3570. The number of carbonyl (C=O) groups excluding carboxylic acids is 4. The maximum absolute atomic E-state index is 13.6. The van der Waals surface area contributed by atoms with Gasteiger partial charge in [0.05, 0.1) is 22.8 Å². The molecule has 2 atom stereocenters. The van der Waals surface area contributed by atoms with E-state index < -0.39 is 29.5 Å². The zero-order valence-electron chi connectivity index (χ0n) is 51.5. The molecule has 0 saturated heterocycles. The molecular formula is C70H83ClN8O9. The van der Waals surface area contributed by atoms with Crippen LogP contribution in [0.4, 0.5) is 21.0 Å². The van der Waals surface area contributed by atoms with Crippen molar-refractivity contribution in [2.24, 2.45) is 11.8 Å². The highest BCUT2D eigenvalue weighted by atomic mass is 35.5. The number of hydrogen-bond acceptors (Lipinski definition) is 11. The van der Waals surface area contributed by atoms with E-state index in [0.717, 1.165) is 52.5 Å². The number of rotatable bonds is 20. The van der Waals surface area contributed by atoms with Crippen LogP contribution in [0.1, 0.15) is 158 Å². The van der Waals surface area contributed by atoms with Gasteiger partial charge in [-0.1, -0.05) is 135 Å². The van der Waals surface area contributed by atoms with Crippen molar-refractivity contribution in [1.82, 2.24) is 30.2 Å². The van der Waals surface area contributed by atoms with Crippen molar-refractivity contribution in [3.8, 4) is 11.4 Å². The fraction of sp³-hybridized carbons (Fsp3) is 0.343. The molecule has 88 heavy (non-hydrogen) atoms. The van der Waals surface area contributed by atoms with Crippen LogP contribution in [0.3, 0.4) is 0 Å². The van der Waals surface area contributed by atoms with Crippen LogP contribution in [0.2, 0.25) is 0 Å². The lowest BCUT2D eigenvalue weighted by Gasteiger charge is -2.20. The van der Waals surface area contributed by atoms with Gasteiger partial charge < -0.3 is 45.7 Å². The average Bonchev–Trinajstić information content (AvgIpc) is 3.93. The average molecular weight is 1220 g/mol. The fourth-order valence-electron chi connectivity index (χ4n) is 9.43. The molecule has 8 aromatic rings. The number of anilines is 2. The van der Waals surface area contributed by atoms with Crippen LogP contribution in [0.25, 0.3) is 11.4 Å². The quantitative estimate of drug-likeness (QED) is 0.0421. The summed E-state index contributed by atoms with van der Waals surface area (Å²) in [6.45, 7) is 16.2. The number of benzene rings is 6. The van der Waals surface area contributed by atoms with Crippen LogP contribution in [0.15, 0.2) is 170 Å². The molecule has 0 spiro atoms. The molecule has 17 nitrogen and oxygen atoms in total. The number of carbonyl (C=O) groups is 4. The number of hydrogen-bond donors (Lipinski definition) is 6. The molecule has 2 fully saturated rings. The van der Waals surface area contributed by atoms with Gasteiger partial charge in [0.25, 0.3) is 11.8 Å². The molecule has 2 saturated carbocycles. The third-order valence-electron chi connectivity index (χ3n) is 14.0. The number of aliphatic hydroxyl groups is 2. The van der Waals surface area contributed by atoms with Gasteiger partial charge in [-0.3, -0.25) is 9.59 Å². The second-order valence-electron chi connectivity index (χ2n) is 24.0. The Hall–Kier alpha value is -8.61. The molecule has 2 aliphatic carbocycles. The number of ether oxygens (including phenoxy) is 3. The summed E-state index contributed by atoms with van der Waals surface area (Å²) in [6.07, 6.45) is 5.41. The van der Waals surface area contributed by atoms with Crippen molar-refractivity contribution in [2.75, 3.05) is 23.8 Å². The van der Waals surface area contributed by atoms with Crippen molar-refractivity contribution in [3.05, 3.63) is 226 Å². The third-order valence-corrected chi connectivity index (χ3v) is 14.0. The number of aryl methyl sites for hydroxylation is 2. The van der Waals surface area contributed by atoms with Gasteiger partial charge in [-0.15, -0.1) is 12.4 Å². The van der Waals surface area contributed by atoms with Crippen LogP contribution < -0.4 is 21.3 Å². The number of nitrogens with zero attached hydrogens (tertiary/aromatic N) is 4. The van der Waals surface area contributed by atoms with Crippen LogP contribution in [0, 0.1) is 25.7 Å². The van der Waals surface area contributed by atoms with Crippen molar-refractivity contribution >= 4 is 47.8 Å². The normalized spacial score (nSPS) is 13.4. The number of alkyl carbamates (subject to hydrolysis) is 2. The van der Waals surface area contributed by atoms with Gasteiger partial charge in [0.15, 0.2) is 0 Å². The molecule has 10 rings (SSSR count). The highest BCUT2D eigenvalue weighted by Crippen LogP contribution is 2.35. The molecule has 2 unspecified atom stereocenters. The van der Waals surface area contributed by atoms with Gasteiger partial charge in [0.2, 0.25) is 0 Å². The van der Waals surface area contributed by atoms with Crippen LogP contribution in [-0.4, -0.2) is 78.2 Å². The molecule has 0 radical (unpaired) electrons. The Labute approximate surface area is 522 Å². The smallest absolute Gasteiger partial charge is 0.407 e. The van der Waals surface area contributed by atoms with Crippen molar-refractivity contribution in [3.63, 3.8) is 0 Å². The second kappa shape index (κ2) is 31.3. The Morgan fingerprint density at radius 1 is 0.534 bits per heavy atom. The van der Waals surface area contributed by atoms with Gasteiger partial charge in [0.1, 0.15) is 34.8 Å². The molecule has 2 aliphatic rings. The summed E-state index contributed by atoms with van der Waals surface area (Å²) in [5, 5.41) is 39.6. The van der Waals surface area contributed by atoms with Gasteiger partial charge in [-0.25, -0.2) is 19.0 Å². The SMILES string of the molecule is Cc1cc(C(=O)Nc2cccc(C(O)c3ccccc3)c2)n(-c2cccc(CNC(=O)OC(C)(C)C)c2)n1.Cc1cc(C(=O)Nc2cccc(C(OCCC3CC3)c3ccccc3)c2)n(-c2cccc(CNC(=O)OC(C)(C)C)c2)n1.Cl.OCCC1CC1. The first-order valence-electron chi connectivity index (χ1n) is 29.8. The number of aromatic nitrogens is 4. The Morgan fingerprint density at radius 2 is 0.955 bits per heavy atom. The lowest BCUT2D eigenvalue weighted by atomic mass is 10.0. The second-order valence-corrected chi connectivity index (χ2v) is 24.0. The summed E-state index contributed by atoms with van der Waals surface area (Å²) in [6, 6.07) is 52.9. The topological polar surface area (TPSA) is 220 Å². The Morgan fingerprint density at radius 3 is 1.40 bits per heavy atom. The van der Waals surface area contributed by atoms with Crippen LogP contribution >= 0.6 is 12.4 Å². The highest BCUT2D eigenvalue weighted by Gasteiger charge is 2.25. The first-order valence-corrected chi connectivity index (χ1v) is 29.8. The minimum Gasteiger partial charge on any atom is -0.444 e. The van der Waals surface area contributed by atoms with Gasteiger partial charge in [0, 0.05) is 37.7 Å². The lowest BCUT2D eigenvalue weighted by molar-refractivity contribution is 0.0512. The molecule has 18 heteroatoms. The van der Waals surface area contributed by atoms with Crippen LogP contribution in [-0.2, 0) is 27.3 Å². The van der Waals surface area contributed by atoms with E-state index in [9.17, 15) is 24.3 Å². The van der Waals surface area contributed by atoms with E-state index >= 15 is 0 Å². The van der Waals surface area contributed by atoms with E-state index in [1.807, 2.05) is 183 Å². The van der Waals surface area contributed by atoms with Crippen LogP contribution in [0.5, 0.6) is 0 Å². The third kappa shape index (κ3) is 21.1. The lowest BCUT2D eigenvalue weighted by Crippen LogP contribution is -2.32. The molecule has 6 aromatic carbocycles. The molecular weight excluding hydrogens is 1130 g/mol. The predicted molar refractivity (Wildman–Crippen MR) is 345 cm³/mol. The van der Waals surface area contributed by atoms with Gasteiger partial charge in [-0.2, -0.15) is 10.2 Å². The Kier molecular flexibility index (Phi) is 23.8. The zero-order valence-corrected chi connectivity index (χ0v) is 52.3. The maximum Gasteiger partial charge on any atom is 0.407 e. The van der Waals surface area contributed by atoms with E-state index in [4.69, 9.17) is 19.3 Å². The molecule has 0 bridgehead atoms. The molecule has 0 aliphatic heterocycles. The summed E-state index contributed by atoms with van der Waals surface area (Å²) in [4.78, 5) is 51.0. The van der Waals surface area contributed by atoms with E-state index in [1.165, 1.54) is 25.7 Å². The standard InChI is InChI=1S/C35H40N4O4.C30H32N4O4.C5H10O.ClH/c1-24-20-31(39(38-24)30-15-8-10-26(21-30)23-36-34(41)43-35(2,3)4)33(40)37-29-14-9-13-28(22-29)32(27-11-6-5-7-12-27)42-19-18-25-16-17-25;1-20-16-26(28(36)32-24-14-9-13-23(18-24)27(35)22-11-6-5-7-12-22)34(33-20)25-15-8-10-21(17-25)19-31-29(37)38-30(2,3)4;6-4-3-5-1-2-5;/h5-15,20-22,25,32H,16-19,23H2,1-4H3,(H,36,41)(H,37,40);5-18,27,35H,19H2,1-4H3,(H,31,37)(H,32,36);5-6H,1-4H2;1H. The molecule has 2 aromatic heterocycles. The van der Waals surface area contributed by atoms with E-state index in [1.54, 1.807) is 39.7 Å². The molecule has 2 heterocycles. The summed E-state index contributed by atoms with van der Waals surface area (Å²) in [5.41, 5.74) is 8.80. The number of halogens is 1. The number of nitrogens with one attached hydrogen (secondary N) is 4. The largest absolute Gasteiger partial charge is 0.444 e. The summed E-state index contributed by atoms with van der Waals surface area (Å²) in [5.74, 6) is 1.07. The van der Waals surface area contributed by atoms with E-state index in [-0.39, 0.29) is 43.4 Å². The van der Waals surface area contributed by atoms with Crippen molar-refractivity contribution < 1.29 is 43.6 Å². The summed E-state index contributed by atoms with van der Waals surface area (Å²) in [7, 11) is 0. The minimum absolute atomic E-state index is 0. The maximum atomic E-state index is 13.6. The summed E-state index contributed by atoms with van der Waals surface area (Å²) < 4.78 is 20.2. The highest BCUT2D eigenvalue weighted by molar-refractivity contribution is 6.04. The number of amides is 4. The Balaban J connectivity index is 0.000000228. The molecule has 4 amide bonds. The van der Waals surface area contributed by atoms with E-state index in [2.05, 4.69) is 43.6 Å². The van der Waals surface area contributed by atoms with E-state index in [0.29, 0.717) is 64.3 Å². The number of aliphatic hydroxyl groups excluding tert-OH is 2. The van der Waals surface area contributed by atoms with Gasteiger partial charge in [-0.05, 0) is 174 Å². The fourth-order valence-corrected chi connectivity index (χ4v) is 9.43. The first-order chi connectivity index (χ1) is 41.7. The molecule has 464 valence electrons. The zero-order chi connectivity index (χ0) is 62.1. The van der Waals surface area contributed by atoms with Gasteiger partial charge >= 0.3 is 12.2 Å². The van der Waals surface area contributed by atoms with Crippen molar-refractivity contribution in [2.45, 2.75) is 130 Å². The predicted octanol–water partition coefficient (Wildman–Crippen LogP) is 14.1. The minimum atomic E-state index is -0.808. The first kappa shape index (κ1) is 66.9. The summed E-state index contributed by atoms with van der Waals surface area (Å²) >= 11 is 0. The molecule has 6 N–H and O–H groups in total. The van der Waals surface area contributed by atoms with Crippen molar-refractivity contribution in [1.29, 1.82) is 0 Å².